The average molecular weight is 386 g/mol. The van der Waals surface area contributed by atoms with E-state index in [1.165, 1.54) is 13.1 Å². The van der Waals surface area contributed by atoms with Crippen LogP contribution in [0.1, 0.15) is 23.7 Å². The Balaban J connectivity index is 2.76. The Morgan fingerprint density at radius 3 is 2.42 bits per heavy atom. The third kappa shape index (κ3) is 7.80. The van der Waals surface area contributed by atoms with Crippen molar-refractivity contribution in [2.45, 2.75) is 33.1 Å². The van der Waals surface area contributed by atoms with E-state index in [1.54, 1.807) is 6.92 Å². The van der Waals surface area contributed by atoms with E-state index in [-0.39, 0.29) is 24.4 Å². The predicted octanol–water partition coefficient (Wildman–Crippen LogP) is 0.292. The maximum atomic E-state index is 10.8. The molecular formula is C11H20N2O9P2. The first-order chi connectivity index (χ1) is 10.9. The van der Waals surface area contributed by atoms with Crippen LogP contribution < -0.4 is 5.32 Å². The molecule has 0 amide bonds. The van der Waals surface area contributed by atoms with Crippen molar-refractivity contribution in [3.63, 3.8) is 0 Å². The van der Waals surface area contributed by atoms with Crippen molar-refractivity contribution in [1.82, 2.24) is 10.3 Å². The molecule has 1 atom stereocenters. The fourth-order valence-electron chi connectivity index (χ4n) is 1.83. The first-order valence-corrected chi connectivity index (χ1v) is 9.76. The lowest BCUT2D eigenvalue weighted by molar-refractivity contribution is 0.143. The summed E-state index contributed by atoms with van der Waals surface area (Å²) >= 11 is 0. The molecule has 0 bridgehead atoms. The van der Waals surface area contributed by atoms with Crippen molar-refractivity contribution >= 4 is 15.6 Å². The van der Waals surface area contributed by atoms with Gasteiger partial charge in [-0.1, -0.05) is 0 Å². The fraction of sp³-hybridized carbons (Fsp3) is 0.545. The molecule has 1 heterocycles. The number of aromatic hydroxyl groups is 1. The third-order valence-electron chi connectivity index (χ3n) is 2.87. The van der Waals surface area contributed by atoms with Crippen LogP contribution in [0.4, 0.5) is 0 Å². The van der Waals surface area contributed by atoms with Crippen molar-refractivity contribution in [1.29, 1.82) is 0 Å². The summed E-state index contributed by atoms with van der Waals surface area (Å²) in [5.74, 6) is -0.169. The second-order valence-electron chi connectivity index (χ2n) is 5.00. The second-order valence-corrected chi connectivity index (χ2v) is 7.43. The lowest BCUT2D eigenvalue weighted by Crippen LogP contribution is -2.26. The molecule has 0 aliphatic rings. The van der Waals surface area contributed by atoms with Gasteiger partial charge in [-0.15, -0.1) is 0 Å². The van der Waals surface area contributed by atoms with Crippen LogP contribution in [0.25, 0.3) is 0 Å². The van der Waals surface area contributed by atoms with Gasteiger partial charge in [-0.2, -0.15) is 0 Å². The minimum Gasteiger partial charge on any atom is -0.506 e. The van der Waals surface area contributed by atoms with Crippen molar-refractivity contribution in [2.75, 3.05) is 6.54 Å². The van der Waals surface area contributed by atoms with Gasteiger partial charge in [-0.25, -0.2) is 9.13 Å². The molecule has 0 radical (unpaired) electrons. The van der Waals surface area contributed by atoms with E-state index in [4.69, 9.17) is 19.6 Å². The second kappa shape index (κ2) is 8.48. The number of pyridine rings is 1. The van der Waals surface area contributed by atoms with Gasteiger partial charge in [0.15, 0.2) is 0 Å². The number of aromatic nitrogens is 1. The van der Waals surface area contributed by atoms with E-state index in [0.29, 0.717) is 11.3 Å². The van der Waals surface area contributed by atoms with Gasteiger partial charge in [0.05, 0.1) is 18.4 Å². The zero-order valence-corrected chi connectivity index (χ0v) is 14.8. The number of phosphoric ester groups is 2. The monoisotopic (exact) mass is 386 g/mol. The van der Waals surface area contributed by atoms with Crippen LogP contribution in [-0.2, 0) is 31.3 Å². The number of hydrogen-bond donors (Lipinski definition) is 6. The molecule has 1 unspecified atom stereocenters. The van der Waals surface area contributed by atoms with Crippen molar-refractivity contribution in [2.24, 2.45) is 0 Å². The zero-order chi connectivity index (χ0) is 18.5. The van der Waals surface area contributed by atoms with Crippen LogP contribution in [0.15, 0.2) is 6.20 Å². The summed E-state index contributed by atoms with van der Waals surface area (Å²) in [7, 11) is -9.28. The smallest absolute Gasteiger partial charge is 0.469 e. The van der Waals surface area contributed by atoms with Crippen molar-refractivity contribution in [3.05, 3.63) is 23.0 Å². The van der Waals surface area contributed by atoms with Crippen LogP contribution in [0, 0.1) is 6.92 Å². The molecule has 1 rings (SSSR count). The molecule has 6 N–H and O–H groups in total. The molecule has 11 nitrogen and oxygen atoms in total. The summed E-state index contributed by atoms with van der Waals surface area (Å²) in [6.07, 6.45) is 0.516. The lowest BCUT2D eigenvalue weighted by Gasteiger charge is -2.17. The van der Waals surface area contributed by atoms with E-state index >= 15 is 0 Å². The standard InChI is InChI=1S/C11H20N2O9P2/c1-7(22-24(18,19)20)3-12-5-10-9(6-21-23(15,16)17)4-13-8(2)11(10)14/h4,7,12,14H,3,5-6H2,1-2H3,(H2,15,16,17)(H2,18,19,20). The predicted molar refractivity (Wildman–Crippen MR) is 81.8 cm³/mol. The molecule has 0 aliphatic carbocycles. The summed E-state index contributed by atoms with van der Waals surface area (Å²) in [6, 6.07) is 0. The van der Waals surface area contributed by atoms with Crippen LogP contribution in [-0.4, -0.2) is 42.3 Å². The quantitative estimate of drug-likeness (QED) is 0.321. The van der Waals surface area contributed by atoms with Gasteiger partial charge < -0.3 is 30.0 Å². The molecule has 1 aromatic rings. The molecule has 24 heavy (non-hydrogen) atoms. The van der Waals surface area contributed by atoms with Crippen LogP contribution in [0.3, 0.4) is 0 Å². The van der Waals surface area contributed by atoms with Crippen molar-refractivity contribution in [3.8, 4) is 5.75 Å². The summed E-state index contributed by atoms with van der Waals surface area (Å²) in [4.78, 5) is 38.8. The van der Waals surface area contributed by atoms with Gasteiger partial charge in [0, 0.05) is 30.4 Å². The molecular weight excluding hydrogens is 366 g/mol. The van der Waals surface area contributed by atoms with E-state index in [0.717, 1.165) is 0 Å². The highest BCUT2D eigenvalue weighted by atomic mass is 31.2. The SMILES string of the molecule is Cc1ncc(COP(=O)(O)O)c(CNCC(C)OP(=O)(O)O)c1O. The summed E-state index contributed by atoms with van der Waals surface area (Å²) in [5, 5.41) is 12.9. The summed E-state index contributed by atoms with van der Waals surface area (Å²) < 4.78 is 30.4. The van der Waals surface area contributed by atoms with Crippen LogP contribution >= 0.6 is 15.6 Å². The highest BCUT2D eigenvalue weighted by Crippen LogP contribution is 2.38. The van der Waals surface area contributed by atoms with Crippen molar-refractivity contribution < 1.29 is 42.9 Å². The summed E-state index contributed by atoms with van der Waals surface area (Å²) in [5.41, 5.74) is 0.878. The number of phosphoric acid groups is 2. The molecule has 1 aromatic heterocycles. The number of nitrogens with one attached hydrogen (secondary N) is 1. The van der Waals surface area contributed by atoms with E-state index < -0.39 is 28.4 Å². The maximum Gasteiger partial charge on any atom is 0.469 e. The number of nitrogens with zero attached hydrogens (tertiary/aromatic N) is 1. The molecule has 0 fully saturated rings. The Hall–Kier alpha value is -0.870. The topological polar surface area (TPSA) is 179 Å². The summed E-state index contributed by atoms with van der Waals surface area (Å²) in [6.45, 7) is 2.64. The Kier molecular flexibility index (Phi) is 7.48. The first-order valence-electron chi connectivity index (χ1n) is 6.70. The third-order valence-corrected chi connectivity index (χ3v) is 3.97. The van der Waals surface area contributed by atoms with Crippen LogP contribution in [0.2, 0.25) is 0 Å². The fourth-order valence-corrected chi connectivity index (χ4v) is 2.68. The highest BCUT2D eigenvalue weighted by Gasteiger charge is 2.20. The number of rotatable bonds is 9. The van der Waals surface area contributed by atoms with Crippen LogP contribution in [0.5, 0.6) is 5.75 Å². The van der Waals surface area contributed by atoms with E-state index in [2.05, 4.69) is 19.3 Å². The van der Waals surface area contributed by atoms with Gasteiger partial charge in [0.2, 0.25) is 0 Å². The molecule has 0 saturated heterocycles. The molecule has 0 aromatic carbocycles. The molecule has 0 spiro atoms. The zero-order valence-electron chi connectivity index (χ0n) is 13.0. The Morgan fingerprint density at radius 1 is 1.25 bits per heavy atom. The largest absolute Gasteiger partial charge is 0.506 e. The molecule has 13 heteroatoms. The van der Waals surface area contributed by atoms with Gasteiger partial charge in [0.25, 0.3) is 0 Å². The lowest BCUT2D eigenvalue weighted by atomic mass is 10.1. The van der Waals surface area contributed by atoms with E-state index in [9.17, 15) is 14.2 Å². The normalized spacial score (nSPS) is 13.9. The average Bonchev–Trinajstić information content (AvgIpc) is 2.39. The van der Waals surface area contributed by atoms with Gasteiger partial charge >= 0.3 is 15.6 Å². The Labute approximate surface area is 138 Å². The number of hydrogen-bond acceptors (Lipinski definition) is 7. The first kappa shape index (κ1) is 21.2. The molecule has 138 valence electrons. The Morgan fingerprint density at radius 2 is 1.88 bits per heavy atom. The Bertz CT molecular complexity index is 657. The number of aryl methyl sites for hydroxylation is 1. The minimum atomic E-state index is -4.68. The molecule has 0 saturated carbocycles. The van der Waals surface area contributed by atoms with Gasteiger partial charge in [0.1, 0.15) is 5.75 Å². The highest BCUT2D eigenvalue weighted by molar-refractivity contribution is 7.46. The van der Waals surface area contributed by atoms with E-state index in [1.807, 2.05) is 0 Å². The van der Waals surface area contributed by atoms with Gasteiger partial charge in [-0.05, 0) is 13.8 Å². The van der Waals surface area contributed by atoms with Gasteiger partial charge in [-0.3, -0.25) is 14.0 Å². The molecule has 0 aliphatic heterocycles. The maximum absolute atomic E-state index is 10.8. The minimum absolute atomic E-state index is 0.0455.